The van der Waals surface area contributed by atoms with Gasteiger partial charge in [-0.05, 0) is 73.9 Å². The first-order valence-electron chi connectivity index (χ1n) is 12.6. The van der Waals surface area contributed by atoms with Gasteiger partial charge >= 0.3 is 0 Å². The lowest BCUT2D eigenvalue weighted by molar-refractivity contribution is 0.0953. The molecule has 34 heavy (non-hydrogen) atoms. The Morgan fingerprint density at radius 1 is 1.26 bits per heavy atom. The molecule has 2 N–H and O–H groups in total. The third kappa shape index (κ3) is 5.38. The molecule has 0 aliphatic heterocycles. The highest BCUT2D eigenvalue weighted by Gasteiger charge is 2.29. The second kappa shape index (κ2) is 10.8. The molecule has 4 rings (SSSR count). The standard InChI is InChI=1S/C27H36ClN5O/c1-5-8-20-16-24(18(4)15-22(20)28)30-23(17(3)6-2)12-13-29-27(34)21-9-7-14-33-25(19-10-11-19)31-32-26(21)33/h7,9,14-17,19,23,30H,5-6,8,10-13H2,1-4H3,(H,29,34). The van der Waals surface area contributed by atoms with Crippen molar-refractivity contribution >= 4 is 28.8 Å². The first kappa shape index (κ1) is 24.5. The summed E-state index contributed by atoms with van der Waals surface area (Å²) in [4.78, 5) is 13.0. The lowest BCUT2D eigenvalue weighted by Gasteiger charge is -2.27. The number of benzene rings is 1. The Morgan fingerprint density at radius 2 is 2.06 bits per heavy atom. The van der Waals surface area contributed by atoms with E-state index < -0.39 is 0 Å². The fourth-order valence-corrected chi connectivity index (χ4v) is 4.80. The van der Waals surface area contributed by atoms with E-state index in [-0.39, 0.29) is 11.9 Å². The number of rotatable bonds is 11. The van der Waals surface area contributed by atoms with Crippen molar-refractivity contribution in [2.24, 2.45) is 5.92 Å². The van der Waals surface area contributed by atoms with Crippen molar-refractivity contribution in [1.82, 2.24) is 19.9 Å². The van der Waals surface area contributed by atoms with Gasteiger partial charge in [0, 0.05) is 35.4 Å². The van der Waals surface area contributed by atoms with Gasteiger partial charge in [-0.25, -0.2) is 0 Å². The molecule has 0 bridgehead atoms. The molecule has 1 aromatic carbocycles. The predicted molar refractivity (Wildman–Crippen MR) is 139 cm³/mol. The zero-order chi connectivity index (χ0) is 24.2. The molecule has 2 atom stereocenters. The molecule has 3 aromatic rings. The molecule has 1 saturated carbocycles. The van der Waals surface area contributed by atoms with Crippen molar-refractivity contribution in [3.63, 3.8) is 0 Å². The molecule has 0 radical (unpaired) electrons. The minimum atomic E-state index is -0.101. The van der Waals surface area contributed by atoms with E-state index in [9.17, 15) is 4.79 Å². The summed E-state index contributed by atoms with van der Waals surface area (Å²) in [6.45, 7) is 9.31. The summed E-state index contributed by atoms with van der Waals surface area (Å²) >= 11 is 6.46. The van der Waals surface area contributed by atoms with Gasteiger partial charge in [-0.15, -0.1) is 10.2 Å². The van der Waals surface area contributed by atoms with Crippen LogP contribution in [0.2, 0.25) is 5.02 Å². The van der Waals surface area contributed by atoms with Gasteiger partial charge in [-0.1, -0.05) is 45.2 Å². The fraction of sp³-hybridized carbons (Fsp3) is 0.519. The van der Waals surface area contributed by atoms with E-state index in [0.717, 1.165) is 60.6 Å². The third-order valence-corrected chi connectivity index (χ3v) is 7.33. The molecular weight excluding hydrogens is 446 g/mol. The van der Waals surface area contributed by atoms with Crippen molar-refractivity contribution in [2.75, 3.05) is 11.9 Å². The lowest BCUT2D eigenvalue weighted by atomic mass is 9.95. The summed E-state index contributed by atoms with van der Waals surface area (Å²) in [5.74, 6) is 1.80. The average molecular weight is 482 g/mol. The highest BCUT2D eigenvalue weighted by molar-refractivity contribution is 6.31. The topological polar surface area (TPSA) is 71.3 Å². The van der Waals surface area contributed by atoms with E-state index in [4.69, 9.17) is 11.6 Å². The maximum absolute atomic E-state index is 13.0. The number of pyridine rings is 1. The summed E-state index contributed by atoms with van der Waals surface area (Å²) in [6, 6.07) is 8.22. The SMILES string of the molecule is CCCc1cc(NC(CCNC(=O)c2cccn3c(C4CC4)nnc23)C(C)CC)c(C)cc1Cl. The normalized spacial score (nSPS) is 15.3. The molecule has 2 heterocycles. The van der Waals surface area contributed by atoms with Crippen LogP contribution in [0.4, 0.5) is 5.69 Å². The van der Waals surface area contributed by atoms with E-state index >= 15 is 0 Å². The van der Waals surface area contributed by atoms with Crippen molar-refractivity contribution in [3.8, 4) is 0 Å². The molecule has 6 nitrogen and oxygen atoms in total. The number of fused-ring (bicyclic) bond motifs is 1. The van der Waals surface area contributed by atoms with Crippen LogP contribution in [0.15, 0.2) is 30.5 Å². The number of nitrogens with one attached hydrogen (secondary N) is 2. The van der Waals surface area contributed by atoms with Gasteiger partial charge in [0.15, 0.2) is 5.65 Å². The summed E-state index contributed by atoms with van der Waals surface area (Å²) in [5.41, 5.74) is 4.67. The molecule has 0 spiro atoms. The summed E-state index contributed by atoms with van der Waals surface area (Å²) in [7, 11) is 0. The van der Waals surface area contributed by atoms with Crippen LogP contribution in [0.1, 0.15) is 86.1 Å². The van der Waals surface area contributed by atoms with Crippen LogP contribution in [0.25, 0.3) is 5.65 Å². The van der Waals surface area contributed by atoms with Crippen molar-refractivity contribution in [1.29, 1.82) is 0 Å². The summed E-state index contributed by atoms with van der Waals surface area (Å²) < 4.78 is 1.97. The zero-order valence-corrected chi connectivity index (χ0v) is 21.5. The van der Waals surface area contributed by atoms with Gasteiger partial charge < -0.3 is 10.6 Å². The van der Waals surface area contributed by atoms with Gasteiger partial charge in [0.1, 0.15) is 5.82 Å². The van der Waals surface area contributed by atoms with Crippen molar-refractivity contribution in [2.45, 2.75) is 78.2 Å². The quantitative estimate of drug-likeness (QED) is 0.343. The van der Waals surface area contributed by atoms with Crippen LogP contribution in [0.5, 0.6) is 0 Å². The minimum Gasteiger partial charge on any atom is -0.382 e. The number of halogens is 1. The van der Waals surface area contributed by atoms with Gasteiger partial charge in [-0.3, -0.25) is 9.20 Å². The van der Waals surface area contributed by atoms with E-state index in [1.165, 1.54) is 5.56 Å². The molecule has 1 aliphatic carbocycles. The summed E-state index contributed by atoms with van der Waals surface area (Å²) in [5, 5.41) is 16.4. The number of carbonyl (C=O) groups is 1. The Bertz CT molecular complexity index is 1150. The Balaban J connectivity index is 1.43. The Morgan fingerprint density at radius 3 is 2.76 bits per heavy atom. The number of aromatic nitrogens is 3. The van der Waals surface area contributed by atoms with Crippen LogP contribution in [0, 0.1) is 12.8 Å². The van der Waals surface area contributed by atoms with E-state index in [2.05, 4.69) is 60.7 Å². The molecular formula is C27H36ClN5O. The highest BCUT2D eigenvalue weighted by atomic mass is 35.5. The maximum atomic E-state index is 13.0. The van der Waals surface area contributed by atoms with Gasteiger partial charge in [0.25, 0.3) is 5.91 Å². The maximum Gasteiger partial charge on any atom is 0.255 e. The first-order valence-corrected chi connectivity index (χ1v) is 13.0. The van der Waals surface area contributed by atoms with Crippen LogP contribution in [-0.2, 0) is 6.42 Å². The number of amides is 1. The van der Waals surface area contributed by atoms with Crippen molar-refractivity contribution in [3.05, 3.63) is 58.0 Å². The van der Waals surface area contributed by atoms with Crippen LogP contribution in [-0.4, -0.2) is 33.1 Å². The molecule has 7 heteroatoms. The number of hydrogen-bond donors (Lipinski definition) is 2. The number of carbonyl (C=O) groups excluding carboxylic acids is 1. The number of hydrogen-bond acceptors (Lipinski definition) is 4. The largest absolute Gasteiger partial charge is 0.382 e. The first-order chi connectivity index (χ1) is 16.4. The average Bonchev–Trinajstić information content (AvgIpc) is 3.58. The van der Waals surface area contributed by atoms with Gasteiger partial charge in [0.2, 0.25) is 0 Å². The minimum absolute atomic E-state index is 0.101. The molecule has 1 fully saturated rings. The lowest BCUT2D eigenvalue weighted by Crippen LogP contribution is -2.34. The Labute approximate surface area is 207 Å². The van der Waals surface area contributed by atoms with Crippen molar-refractivity contribution < 1.29 is 4.79 Å². The second-order valence-corrected chi connectivity index (χ2v) is 10.0. The van der Waals surface area contributed by atoms with E-state index in [0.29, 0.717) is 29.6 Å². The third-order valence-electron chi connectivity index (χ3n) is 6.97. The molecule has 0 saturated heterocycles. The summed E-state index contributed by atoms with van der Waals surface area (Å²) in [6.07, 6.45) is 8.16. The van der Waals surface area contributed by atoms with Gasteiger partial charge in [-0.2, -0.15) is 0 Å². The smallest absolute Gasteiger partial charge is 0.255 e. The molecule has 1 aliphatic rings. The van der Waals surface area contributed by atoms with E-state index in [1.54, 1.807) is 0 Å². The molecule has 2 unspecified atom stereocenters. The number of anilines is 1. The van der Waals surface area contributed by atoms with Crippen LogP contribution < -0.4 is 10.6 Å². The molecule has 182 valence electrons. The monoisotopic (exact) mass is 481 g/mol. The highest BCUT2D eigenvalue weighted by Crippen LogP contribution is 2.39. The number of nitrogens with zero attached hydrogens (tertiary/aromatic N) is 3. The van der Waals surface area contributed by atoms with Crippen LogP contribution >= 0.6 is 11.6 Å². The zero-order valence-electron chi connectivity index (χ0n) is 20.7. The Kier molecular flexibility index (Phi) is 7.77. The second-order valence-electron chi connectivity index (χ2n) is 9.64. The Hall–Kier alpha value is -2.60. The fourth-order valence-electron chi connectivity index (χ4n) is 4.48. The van der Waals surface area contributed by atoms with E-state index in [1.807, 2.05) is 22.7 Å². The number of aryl methyl sites for hydroxylation is 2. The van der Waals surface area contributed by atoms with Gasteiger partial charge in [0.05, 0.1) is 5.56 Å². The van der Waals surface area contributed by atoms with Crippen LogP contribution in [0.3, 0.4) is 0 Å². The molecule has 1 amide bonds. The predicted octanol–water partition coefficient (Wildman–Crippen LogP) is 6.17. The molecule has 2 aromatic heterocycles.